The average molecular weight is 559 g/mol. The summed E-state index contributed by atoms with van der Waals surface area (Å²) in [6, 6.07) is 15.5. The highest BCUT2D eigenvalue weighted by Crippen LogP contribution is 2.36. The number of rotatable bonds is 6. The van der Waals surface area contributed by atoms with Crippen molar-refractivity contribution in [2.75, 3.05) is 5.73 Å². The van der Waals surface area contributed by atoms with Gasteiger partial charge in [-0.3, -0.25) is 18.9 Å². The Labute approximate surface area is 226 Å². The van der Waals surface area contributed by atoms with Crippen molar-refractivity contribution in [3.8, 4) is 23.0 Å². The number of fused-ring (bicyclic) bond motifs is 3. The number of nitrogen functional groups attached to an aromatic ring is 1. The van der Waals surface area contributed by atoms with E-state index < -0.39 is 31.2 Å². The highest BCUT2D eigenvalue weighted by Gasteiger charge is 2.23. The van der Waals surface area contributed by atoms with Crippen LogP contribution in [-0.4, -0.2) is 33.9 Å². The van der Waals surface area contributed by atoms with Crippen LogP contribution < -0.4 is 17.0 Å². The van der Waals surface area contributed by atoms with Crippen LogP contribution in [0.1, 0.15) is 19.4 Å². The Bertz CT molecular complexity index is 1990. The molecule has 4 aromatic heterocycles. The van der Waals surface area contributed by atoms with Crippen LogP contribution in [0.2, 0.25) is 0 Å². The minimum absolute atomic E-state index is 0.0390. The Hall–Kier alpha value is -4.73. The first-order valence-electron chi connectivity index (χ1n) is 11.8. The minimum atomic E-state index is -5.01. The van der Waals surface area contributed by atoms with Gasteiger partial charge in [-0.05, 0) is 55.8 Å². The molecule has 0 amide bonds. The molecule has 202 valence electrons. The molecule has 40 heavy (non-hydrogen) atoms. The number of aromatic nitrogens is 5. The lowest BCUT2D eigenvalue weighted by atomic mass is 9.86. The van der Waals surface area contributed by atoms with Gasteiger partial charge in [0.2, 0.25) is 0 Å². The molecule has 5 aromatic rings. The van der Waals surface area contributed by atoms with Crippen molar-refractivity contribution in [3.63, 3.8) is 0 Å². The van der Waals surface area contributed by atoms with Crippen molar-refractivity contribution in [2.24, 2.45) is 0 Å². The van der Waals surface area contributed by atoms with Gasteiger partial charge in [-0.15, -0.1) is 0 Å². The molecule has 0 radical (unpaired) electrons. The van der Waals surface area contributed by atoms with Gasteiger partial charge in [0, 0.05) is 18.0 Å². The summed E-state index contributed by atoms with van der Waals surface area (Å²) in [7, 11) is -5.01. The van der Waals surface area contributed by atoms with E-state index >= 15 is 0 Å². The summed E-state index contributed by atoms with van der Waals surface area (Å²) in [5, 5.41) is 9.48. The maximum Gasteiger partial charge on any atom is 0.471 e. The number of hydrogen-bond donors (Lipinski definition) is 3. The monoisotopic (exact) mass is 559 g/mol. The molecular weight excluding hydrogens is 537 g/mol. The summed E-state index contributed by atoms with van der Waals surface area (Å²) in [6.07, 6.45) is 2.81. The first kappa shape index (κ1) is 26.9. The predicted octanol–water partition coefficient (Wildman–Crippen LogP) is 2.61. The van der Waals surface area contributed by atoms with Crippen molar-refractivity contribution in [1.82, 2.24) is 24.1 Å². The van der Waals surface area contributed by atoms with Crippen molar-refractivity contribution in [2.45, 2.75) is 26.0 Å². The molecule has 0 aliphatic rings. The summed E-state index contributed by atoms with van der Waals surface area (Å²) in [6.45, 7) is 2.50. The second-order valence-electron chi connectivity index (χ2n) is 9.44. The largest absolute Gasteiger partial charge is 0.471 e. The number of pyridine rings is 3. The van der Waals surface area contributed by atoms with Gasteiger partial charge in [-0.1, -0.05) is 12.1 Å². The van der Waals surface area contributed by atoms with Crippen LogP contribution >= 0.6 is 7.82 Å². The molecule has 14 heteroatoms. The molecule has 5 rings (SSSR count). The van der Waals surface area contributed by atoms with Crippen LogP contribution in [0.5, 0.6) is 0 Å². The standard InChI is InChI=1S/C26H22N7O6P/c1-26(2,13-27)16-4-6-17(7-5-16)33-23-18(24(34)32(25(33)35)14-39-40(36,37)38)12-29-20-9-8-19(31-22(20)23)15-3-10-21(28)30-11-15/h3-12H,14H2,1-2H3,(H2,28,30)(H2,36,37,38). The SMILES string of the molecule is CC(C)(C#N)c1ccc(-n2c(=O)n(COP(=O)(O)O)c(=O)c3cnc4ccc(-c5ccc(N)nc5)nc4c32)cc1. The van der Waals surface area contributed by atoms with E-state index in [0.29, 0.717) is 38.4 Å². The lowest BCUT2D eigenvalue weighted by molar-refractivity contribution is 0.148. The van der Waals surface area contributed by atoms with Crippen molar-refractivity contribution in [1.29, 1.82) is 5.26 Å². The third-order valence-electron chi connectivity index (χ3n) is 6.37. The Kier molecular flexibility index (Phi) is 6.57. The Morgan fingerprint density at radius 2 is 1.77 bits per heavy atom. The van der Waals surface area contributed by atoms with E-state index in [9.17, 15) is 29.2 Å². The third-order valence-corrected chi connectivity index (χ3v) is 6.82. The molecule has 0 spiro atoms. The lowest BCUT2D eigenvalue weighted by Crippen LogP contribution is -2.40. The van der Waals surface area contributed by atoms with Crippen LogP contribution in [0.25, 0.3) is 38.9 Å². The van der Waals surface area contributed by atoms with Crippen molar-refractivity contribution < 1.29 is 18.9 Å². The Morgan fingerprint density at radius 3 is 2.40 bits per heavy atom. The van der Waals surface area contributed by atoms with Crippen LogP contribution in [-0.2, 0) is 21.2 Å². The zero-order chi connectivity index (χ0) is 28.8. The number of phosphoric ester groups is 1. The molecule has 0 saturated carbocycles. The zero-order valence-corrected chi connectivity index (χ0v) is 22.1. The van der Waals surface area contributed by atoms with Gasteiger partial charge in [0.1, 0.15) is 18.1 Å². The number of phosphoric acid groups is 1. The summed E-state index contributed by atoms with van der Waals surface area (Å²) < 4.78 is 17.6. The van der Waals surface area contributed by atoms with Gasteiger partial charge in [-0.25, -0.2) is 23.9 Å². The van der Waals surface area contributed by atoms with Gasteiger partial charge in [-0.2, -0.15) is 5.26 Å². The number of benzene rings is 1. The molecule has 0 bridgehead atoms. The normalized spacial score (nSPS) is 12.1. The maximum absolute atomic E-state index is 13.8. The second-order valence-corrected chi connectivity index (χ2v) is 10.7. The Morgan fingerprint density at radius 1 is 1.05 bits per heavy atom. The van der Waals surface area contributed by atoms with Crippen LogP contribution in [0.4, 0.5) is 5.82 Å². The van der Waals surface area contributed by atoms with Crippen molar-refractivity contribution in [3.05, 3.63) is 87.3 Å². The molecule has 1 aromatic carbocycles. The van der Waals surface area contributed by atoms with Gasteiger partial charge in [0.15, 0.2) is 0 Å². The van der Waals surface area contributed by atoms with Gasteiger partial charge in [0.25, 0.3) is 5.56 Å². The van der Waals surface area contributed by atoms with Crippen molar-refractivity contribution >= 4 is 35.6 Å². The van der Waals surface area contributed by atoms with Gasteiger partial charge >= 0.3 is 13.5 Å². The fourth-order valence-corrected chi connectivity index (χ4v) is 4.45. The molecule has 13 nitrogen and oxygen atoms in total. The molecule has 4 heterocycles. The second kappa shape index (κ2) is 9.78. The molecule has 4 N–H and O–H groups in total. The molecule has 0 aliphatic heterocycles. The summed E-state index contributed by atoms with van der Waals surface area (Å²) in [5.41, 5.74) is 5.97. The van der Waals surface area contributed by atoms with Gasteiger partial charge in [0.05, 0.1) is 39.3 Å². The summed E-state index contributed by atoms with van der Waals surface area (Å²) in [4.78, 5) is 58.7. The number of nitrogens with zero attached hydrogens (tertiary/aromatic N) is 6. The molecule has 0 aliphatic carbocycles. The third kappa shape index (κ3) is 4.88. The zero-order valence-electron chi connectivity index (χ0n) is 21.2. The highest BCUT2D eigenvalue weighted by atomic mass is 31.2. The van der Waals surface area contributed by atoms with Gasteiger partial charge < -0.3 is 15.5 Å². The quantitative estimate of drug-likeness (QED) is 0.204. The minimum Gasteiger partial charge on any atom is -0.384 e. The van der Waals surface area contributed by atoms with E-state index in [0.717, 1.165) is 0 Å². The molecule has 0 fully saturated rings. The molecule has 0 atom stereocenters. The summed E-state index contributed by atoms with van der Waals surface area (Å²) >= 11 is 0. The highest BCUT2D eigenvalue weighted by molar-refractivity contribution is 7.46. The predicted molar refractivity (Wildman–Crippen MR) is 146 cm³/mol. The number of anilines is 1. The van der Waals surface area contributed by atoms with E-state index in [2.05, 4.69) is 20.6 Å². The Balaban J connectivity index is 1.85. The molecular formula is C26H22N7O6P. The topological polar surface area (TPSA) is 199 Å². The van der Waals surface area contributed by atoms with Crippen LogP contribution in [0, 0.1) is 11.3 Å². The maximum atomic E-state index is 13.8. The first-order valence-corrected chi connectivity index (χ1v) is 13.3. The van der Waals surface area contributed by atoms with E-state index in [4.69, 9.17) is 10.7 Å². The smallest absolute Gasteiger partial charge is 0.384 e. The molecule has 0 saturated heterocycles. The number of nitriles is 1. The lowest BCUT2D eigenvalue weighted by Gasteiger charge is -2.18. The number of hydrogen-bond acceptors (Lipinski definition) is 9. The molecule has 0 unspecified atom stereocenters. The van der Waals surface area contributed by atoms with E-state index in [1.807, 2.05) is 0 Å². The summed E-state index contributed by atoms with van der Waals surface area (Å²) in [5.74, 6) is 0.326. The van der Waals surface area contributed by atoms with Crippen LogP contribution in [0.15, 0.2) is 70.5 Å². The average Bonchev–Trinajstić information content (AvgIpc) is 2.92. The van der Waals surface area contributed by atoms with E-state index in [1.54, 1.807) is 62.4 Å². The van der Waals surface area contributed by atoms with E-state index in [-0.39, 0.29) is 16.4 Å². The fourth-order valence-electron chi connectivity index (χ4n) is 4.18. The fraction of sp³-hybridized carbons (Fsp3) is 0.154. The van der Waals surface area contributed by atoms with E-state index in [1.165, 1.54) is 17.0 Å². The number of nitrogens with two attached hydrogens (primary N) is 1. The van der Waals surface area contributed by atoms with Crippen LogP contribution in [0.3, 0.4) is 0 Å². The first-order chi connectivity index (χ1) is 18.9.